The largest absolute Gasteiger partial charge is 0.331 e. The first-order valence-electron chi connectivity index (χ1n) is 24.7. The predicted octanol–water partition coefficient (Wildman–Crippen LogP) is 18.9. The lowest BCUT2D eigenvalue weighted by atomic mass is 9.78. The summed E-state index contributed by atoms with van der Waals surface area (Å²) in [5.74, 6) is 0.191. The molecule has 11 aromatic carbocycles. The van der Waals surface area contributed by atoms with Crippen LogP contribution in [0.3, 0.4) is 0 Å². The van der Waals surface area contributed by atoms with Gasteiger partial charge in [-0.25, -0.2) is 0 Å². The lowest BCUT2D eigenvalue weighted by Crippen LogP contribution is -2.41. The number of fused-ring (bicyclic) bond motifs is 5. The molecule has 336 valence electrons. The number of rotatable bonds is 9. The van der Waals surface area contributed by atoms with Crippen molar-refractivity contribution >= 4 is 50.0 Å². The van der Waals surface area contributed by atoms with Crippen LogP contribution < -0.4 is 9.80 Å². The number of anilines is 5. The van der Waals surface area contributed by atoms with Crippen LogP contribution in [0.1, 0.15) is 18.4 Å². The van der Waals surface area contributed by atoms with E-state index in [0.717, 1.165) is 22.6 Å². The van der Waals surface area contributed by atoms with Gasteiger partial charge in [0.2, 0.25) is 0 Å². The molecule has 2 atom stereocenters. The van der Waals surface area contributed by atoms with Gasteiger partial charge in [0.05, 0.1) is 11.2 Å². The zero-order valence-corrected chi connectivity index (χ0v) is 39.5. The Morgan fingerprint density at radius 1 is 0.380 bits per heavy atom. The average molecular weight is 907 g/mol. The van der Waals surface area contributed by atoms with Crippen LogP contribution in [0.25, 0.3) is 77.2 Å². The fourth-order valence-electron chi connectivity index (χ4n) is 11.6. The monoisotopic (exact) mass is 906 g/mol. The van der Waals surface area contributed by atoms with Crippen LogP contribution in [-0.4, -0.2) is 5.54 Å². The smallest absolute Gasteiger partial charge is 0.0712 e. The lowest BCUT2D eigenvalue weighted by Gasteiger charge is -2.39. The van der Waals surface area contributed by atoms with Gasteiger partial charge < -0.3 is 9.80 Å². The second-order valence-electron chi connectivity index (χ2n) is 19.0. The zero-order valence-electron chi connectivity index (χ0n) is 39.5. The first kappa shape index (κ1) is 42.1. The van der Waals surface area contributed by atoms with Gasteiger partial charge >= 0.3 is 0 Å². The highest BCUT2D eigenvalue weighted by Crippen LogP contribution is 2.57. The predicted molar refractivity (Wildman–Crippen MR) is 301 cm³/mol. The van der Waals surface area contributed by atoms with Gasteiger partial charge in [-0.3, -0.25) is 0 Å². The topological polar surface area (TPSA) is 6.48 Å². The normalized spacial score (nSPS) is 15.7. The van der Waals surface area contributed by atoms with Gasteiger partial charge in [0.25, 0.3) is 0 Å². The second-order valence-corrected chi connectivity index (χ2v) is 19.0. The van der Waals surface area contributed by atoms with Crippen LogP contribution in [-0.2, 0) is 0 Å². The molecule has 0 fully saturated rings. The fourth-order valence-corrected chi connectivity index (χ4v) is 11.6. The molecule has 0 saturated heterocycles. The molecule has 1 heterocycles. The highest BCUT2D eigenvalue weighted by Gasteiger charge is 2.48. The summed E-state index contributed by atoms with van der Waals surface area (Å²) in [4.78, 5) is 4.97. The summed E-state index contributed by atoms with van der Waals surface area (Å²) in [7, 11) is 0. The number of para-hydroxylation sites is 2. The van der Waals surface area contributed by atoms with E-state index in [0.29, 0.717) is 0 Å². The third-order valence-electron chi connectivity index (χ3n) is 14.9. The van der Waals surface area contributed by atoms with Crippen molar-refractivity contribution < 1.29 is 0 Å². The Hall–Kier alpha value is -8.98. The number of nitrogens with zero attached hydrogens (tertiary/aromatic N) is 2. The molecule has 2 nitrogen and oxygen atoms in total. The van der Waals surface area contributed by atoms with E-state index in [4.69, 9.17) is 0 Å². The summed E-state index contributed by atoms with van der Waals surface area (Å²) in [6, 6.07) is 93.3. The Morgan fingerprint density at radius 3 is 1.63 bits per heavy atom. The van der Waals surface area contributed by atoms with Crippen LogP contribution in [0.5, 0.6) is 0 Å². The van der Waals surface area contributed by atoms with Gasteiger partial charge in [0.15, 0.2) is 0 Å². The molecule has 1 aliphatic carbocycles. The van der Waals surface area contributed by atoms with Crippen molar-refractivity contribution in [3.8, 4) is 55.6 Å². The zero-order chi connectivity index (χ0) is 47.3. The summed E-state index contributed by atoms with van der Waals surface area (Å²) in [6.07, 6.45) is 9.18. The van der Waals surface area contributed by atoms with Crippen molar-refractivity contribution in [2.24, 2.45) is 0 Å². The lowest BCUT2D eigenvalue weighted by molar-refractivity contribution is 0.542. The average Bonchev–Trinajstić information content (AvgIpc) is 3.72. The summed E-state index contributed by atoms with van der Waals surface area (Å²) < 4.78 is 0. The van der Waals surface area contributed by atoms with Crippen LogP contribution in [0.4, 0.5) is 28.4 Å². The fraction of sp³-hybridized carbons (Fsp3) is 0.0435. The van der Waals surface area contributed by atoms with Gasteiger partial charge in [-0.15, -0.1) is 0 Å². The minimum absolute atomic E-state index is 0.191. The van der Waals surface area contributed by atoms with E-state index in [-0.39, 0.29) is 11.5 Å². The van der Waals surface area contributed by atoms with E-state index in [1.54, 1.807) is 0 Å². The first-order chi connectivity index (χ1) is 35.1. The van der Waals surface area contributed by atoms with Gasteiger partial charge in [0, 0.05) is 34.2 Å². The Bertz CT molecular complexity index is 3800. The highest BCUT2D eigenvalue weighted by atomic mass is 15.2. The maximum Gasteiger partial charge on any atom is 0.0712 e. The molecule has 2 heteroatoms. The molecule has 0 N–H and O–H groups in total. The molecule has 0 aromatic heterocycles. The van der Waals surface area contributed by atoms with E-state index in [2.05, 4.69) is 296 Å². The molecular weight excluding hydrogens is 857 g/mol. The van der Waals surface area contributed by atoms with Crippen molar-refractivity contribution in [1.82, 2.24) is 0 Å². The first-order valence-corrected chi connectivity index (χ1v) is 24.7. The van der Waals surface area contributed by atoms with E-state index >= 15 is 0 Å². The van der Waals surface area contributed by atoms with E-state index in [1.165, 1.54) is 88.6 Å². The van der Waals surface area contributed by atoms with Crippen molar-refractivity contribution in [3.63, 3.8) is 0 Å². The van der Waals surface area contributed by atoms with Crippen LogP contribution in [0.15, 0.2) is 279 Å². The van der Waals surface area contributed by atoms with Crippen molar-refractivity contribution in [1.29, 1.82) is 0 Å². The SMILES string of the molecule is CC12C=CC=CC1c1c(-c3ccc(N(c4ccc(-c5ccc(-c6cccc7ccccc67)cc5)cc4)c4ccccc4-c4cccc5cccc(-c6ccccc6)c45)cc3)cccc1N2c1ccccc1. The molecule has 71 heavy (non-hydrogen) atoms. The number of benzene rings is 11. The maximum atomic E-state index is 2.53. The Labute approximate surface area is 416 Å². The van der Waals surface area contributed by atoms with E-state index < -0.39 is 0 Å². The molecule has 0 saturated carbocycles. The van der Waals surface area contributed by atoms with Crippen molar-refractivity contribution in [2.45, 2.75) is 18.4 Å². The van der Waals surface area contributed by atoms with Gasteiger partial charge in [-0.2, -0.15) is 0 Å². The molecule has 0 amide bonds. The van der Waals surface area contributed by atoms with Crippen LogP contribution in [0, 0.1) is 0 Å². The van der Waals surface area contributed by atoms with E-state index in [1.807, 2.05) is 0 Å². The van der Waals surface area contributed by atoms with Crippen molar-refractivity contribution in [3.05, 3.63) is 285 Å². The highest BCUT2D eigenvalue weighted by molar-refractivity contribution is 6.09. The molecule has 2 aliphatic rings. The van der Waals surface area contributed by atoms with Gasteiger partial charge in [-0.05, 0) is 133 Å². The summed E-state index contributed by atoms with van der Waals surface area (Å²) in [5, 5.41) is 4.98. The van der Waals surface area contributed by atoms with Crippen LogP contribution >= 0.6 is 0 Å². The Kier molecular flexibility index (Phi) is 10.4. The summed E-state index contributed by atoms with van der Waals surface area (Å²) in [6.45, 7) is 2.37. The minimum Gasteiger partial charge on any atom is -0.331 e. The second kappa shape index (κ2) is 17.5. The molecule has 0 radical (unpaired) electrons. The standard InChI is InChI=1S/C69H50N2/c1-69-47-13-12-32-64(69)68-61(30-17-34-66(68)71(69)57-24-6-3-7-25-57)53-41-45-56(46-42-53)70(55-43-39-49(40-44-55)48-35-37-52(38-36-48)59-28-14-21-50-20-8-9-26-58(50)59)65-33-11-10-27-62(65)63-31-16-23-54-22-15-29-60(67(54)63)51-18-4-2-5-19-51/h2-47,64H,1H3. The number of hydrogen-bond donors (Lipinski definition) is 0. The third kappa shape index (κ3) is 7.27. The molecule has 1 aliphatic heterocycles. The third-order valence-corrected chi connectivity index (χ3v) is 14.9. The van der Waals surface area contributed by atoms with E-state index in [9.17, 15) is 0 Å². The molecular formula is C69H50N2. The molecule has 0 spiro atoms. The van der Waals surface area contributed by atoms with Crippen LogP contribution in [0.2, 0.25) is 0 Å². The minimum atomic E-state index is -0.234. The molecule has 13 rings (SSSR count). The summed E-state index contributed by atoms with van der Waals surface area (Å²) in [5.41, 5.74) is 18.9. The molecule has 2 unspecified atom stereocenters. The summed E-state index contributed by atoms with van der Waals surface area (Å²) >= 11 is 0. The quantitative estimate of drug-likeness (QED) is 0.142. The van der Waals surface area contributed by atoms with Gasteiger partial charge in [-0.1, -0.05) is 231 Å². The Balaban J connectivity index is 0.929. The number of allylic oxidation sites excluding steroid dienone is 2. The molecule has 11 aromatic rings. The van der Waals surface area contributed by atoms with Crippen molar-refractivity contribution in [2.75, 3.05) is 9.80 Å². The number of hydrogen-bond acceptors (Lipinski definition) is 2. The maximum absolute atomic E-state index is 2.53. The molecule has 0 bridgehead atoms. The Morgan fingerprint density at radius 2 is 0.887 bits per heavy atom. The van der Waals surface area contributed by atoms with Gasteiger partial charge in [0.1, 0.15) is 0 Å².